The normalized spacial score (nSPS) is 12.6. The zero-order chi connectivity index (χ0) is 8.10. The van der Waals surface area contributed by atoms with Gasteiger partial charge in [-0.3, -0.25) is 4.99 Å². The van der Waals surface area contributed by atoms with E-state index in [1.165, 1.54) is 0 Å². The van der Waals surface area contributed by atoms with E-state index >= 15 is 0 Å². The molecule has 0 aliphatic heterocycles. The van der Waals surface area contributed by atoms with Gasteiger partial charge in [0.15, 0.2) is 0 Å². The molecule has 1 aromatic carbocycles. The van der Waals surface area contributed by atoms with E-state index in [9.17, 15) is 0 Å². The Hall–Kier alpha value is -1.37. The van der Waals surface area contributed by atoms with Gasteiger partial charge in [-0.25, -0.2) is 0 Å². The number of hydrogen-bond acceptors (Lipinski definition) is 1. The molecule has 0 aliphatic rings. The summed E-state index contributed by atoms with van der Waals surface area (Å²) in [5.41, 5.74) is 0. The topological polar surface area (TPSA) is 12.4 Å². The fourth-order valence-corrected chi connectivity index (χ4v) is 0.815. The molecule has 0 radical (unpaired) electrons. The molecule has 0 N–H and O–H groups in total. The SMILES string of the molecule is C=c1cccc/c1=C/N=CC. The van der Waals surface area contributed by atoms with Crippen LogP contribution in [0.3, 0.4) is 0 Å². The van der Waals surface area contributed by atoms with Gasteiger partial charge < -0.3 is 0 Å². The van der Waals surface area contributed by atoms with Crippen molar-refractivity contribution in [2.75, 3.05) is 0 Å². The molecule has 0 amide bonds. The van der Waals surface area contributed by atoms with Crippen LogP contribution in [0.5, 0.6) is 0 Å². The lowest BCUT2D eigenvalue weighted by Gasteiger charge is -1.83. The summed E-state index contributed by atoms with van der Waals surface area (Å²) >= 11 is 0. The predicted octanol–water partition coefficient (Wildman–Crippen LogP) is 0.926. The van der Waals surface area contributed by atoms with Crippen molar-refractivity contribution in [1.29, 1.82) is 0 Å². The van der Waals surface area contributed by atoms with Crippen molar-refractivity contribution in [3.05, 3.63) is 34.7 Å². The summed E-state index contributed by atoms with van der Waals surface area (Å²) in [7, 11) is 0. The highest BCUT2D eigenvalue weighted by atomic mass is 14.6. The lowest BCUT2D eigenvalue weighted by Crippen LogP contribution is -2.21. The summed E-state index contributed by atoms with van der Waals surface area (Å²) in [5, 5.41) is 2.09. The van der Waals surface area contributed by atoms with E-state index < -0.39 is 0 Å². The van der Waals surface area contributed by atoms with E-state index in [1.807, 2.05) is 37.4 Å². The number of hydrogen-bond donors (Lipinski definition) is 0. The number of rotatable bonds is 1. The highest BCUT2D eigenvalue weighted by molar-refractivity contribution is 5.57. The molecule has 0 spiro atoms. The molecule has 0 aliphatic carbocycles. The molecule has 0 atom stereocenters. The maximum absolute atomic E-state index is 4.01. The first-order valence-corrected chi connectivity index (χ1v) is 3.56. The largest absolute Gasteiger partial charge is 0.269 e. The van der Waals surface area contributed by atoms with Crippen LogP contribution in [0.15, 0.2) is 29.3 Å². The van der Waals surface area contributed by atoms with Crippen LogP contribution >= 0.6 is 0 Å². The van der Waals surface area contributed by atoms with E-state index in [-0.39, 0.29) is 0 Å². The Morgan fingerprint density at radius 3 is 2.73 bits per heavy atom. The average molecular weight is 145 g/mol. The van der Waals surface area contributed by atoms with Crippen molar-refractivity contribution < 1.29 is 0 Å². The molecule has 0 saturated carbocycles. The highest BCUT2D eigenvalue weighted by Gasteiger charge is 1.76. The fourth-order valence-electron chi connectivity index (χ4n) is 0.815. The Balaban J connectivity index is 3.24. The van der Waals surface area contributed by atoms with Gasteiger partial charge in [0.05, 0.1) is 0 Å². The molecule has 1 heteroatoms. The van der Waals surface area contributed by atoms with Gasteiger partial charge in [0.25, 0.3) is 0 Å². The molecular weight excluding hydrogens is 134 g/mol. The zero-order valence-electron chi connectivity index (χ0n) is 6.62. The van der Waals surface area contributed by atoms with Crippen LogP contribution in [-0.2, 0) is 0 Å². The van der Waals surface area contributed by atoms with E-state index in [1.54, 1.807) is 6.21 Å². The second-order valence-corrected chi connectivity index (χ2v) is 2.24. The van der Waals surface area contributed by atoms with Gasteiger partial charge in [-0.2, -0.15) is 0 Å². The summed E-state index contributed by atoms with van der Waals surface area (Å²) in [4.78, 5) is 4.01. The standard InChI is InChI=1S/C10H11N/c1-3-11-8-10-7-5-4-6-9(10)2/h3-8H,2H2,1H3/b10-8-,11-3?. The van der Waals surface area contributed by atoms with Gasteiger partial charge in [0.2, 0.25) is 0 Å². The van der Waals surface area contributed by atoms with Crippen LogP contribution in [0.1, 0.15) is 6.92 Å². The summed E-state index contributed by atoms with van der Waals surface area (Å²) in [6.45, 7) is 5.76. The highest BCUT2D eigenvalue weighted by Crippen LogP contribution is 1.71. The summed E-state index contributed by atoms with van der Waals surface area (Å²) in [6, 6.07) is 7.91. The van der Waals surface area contributed by atoms with Gasteiger partial charge in [-0.05, 0) is 17.4 Å². The second-order valence-electron chi connectivity index (χ2n) is 2.24. The third kappa shape index (κ3) is 2.04. The van der Waals surface area contributed by atoms with Gasteiger partial charge in [-0.15, -0.1) is 0 Å². The Morgan fingerprint density at radius 2 is 2.09 bits per heavy atom. The van der Waals surface area contributed by atoms with Gasteiger partial charge in [-0.1, -0.05) is 30.8 Å². The zero-order valence-corrected chi connectivity index (χ0v) is 6.62. The smallest absolute Gasteiger partial charge is 0.0342 e. The third-order valence-corrected chi connectivity index (χ3v) is 1.42. The van der Waals surface area contributed by atoms with E-state index in [4.69, 9.17) is 0 Å². The first-order valence-electron chi connectivity index (χ1n) is 3.56. The van der Waals surface area contributed by atoms with Crippen molar-refractivity contribution in [3.63, 3.8) is 0 Å². The van der Waals surface area contributed by atoms with E-state index in [2.05, 4.69) is 11.6 Å². The van der Waals surface area contributed by atoms with Crippen LogP contribution in [0, 0.1) is 0 Å². The molecule has 11 heavy (non-hydrogen) atoms. The molecule has 1 aromatic rings. The van der Waals surface area contributed by atoms with Crippen molar-refractivity contribution in [2.45, 2.75) is 6.92 Å². The molecule has 0 bridgehead atoms. The average Bonchev–Trinajstić information content (AvgIpc) is 2.03. The minimum atomic E-state index is 1.01. The Kier molecular flexibility index (Phi) is 2.61. The van der Waals surface area contributed by atoms with Crippen molar-refractivity contribution in [1.82, 2.24) is 0 Å². The maximum atomic E-state index is 4.01. The molecule has 0 saturated heterocycles. The van der Waals surface area contributed by atoms with Crippen LogP contribution in [0.4, 0.5) is 0 Å². The van der Waals surface area contributed by atoms with Crippen LogP contribution < -0.4 is 10.4 Å². The first-order chi connectivity index (χ1) is 5.34. The molecule has 56 valence electrons. The Bertz CT molecular complexity index is 349. The third-order valence-electron chi connectivity index (χ3n) is 1.42. The molecular formula is C10H11N. The molecule has 0 unspecified atom stereocenters. The Labute approximate surface area is 66.4 Å². The minimum Gasteiger partial charge on any atom is -0.269 e. The molecule has 0 aromatic heterocycles. The van der Waals surface area contributed by atoms with Gasteiger partial charge >= 0.3 is 0 Å². The first kappa shape index (κ1) is 7.73. The maximum Gasteiger partial charge on any atom is 0.0342 e. The van der Waals surface area contributed by atoms with Crippen LogP contribution in [0.2, 0.25) is 0 Å². The summed E-state index contributed by atoms with van der Waals surface area (Å²) in [5.74, 6) is 0. The van der Waals surface area contributed by atoms with E-state index in [0.29, 0.717) is 0 Å². The number of benzene rings is 1. The minimum absolute atomic E-state index is 1.01. The van der Waals surface area contributed by atoms with Gasteiger partial charge in [0, 0.05) is 12.4 Å². The van der Waals surface area contributed by atoms with Crippen LogP contribution in [-0.4, -0.2) is 6.21 Å². The van der Waals surface area contributed by atoms with Gasteiger partial charge in [0.1, 0.15) is 0 Å². The predicted molar refractivity (Wildman–Crippen MR) is 49.8 cm³/mol. The second kappa shape index (κ2) is 3.71. The van der Waals surface area contributed by atoms with Crippen molar-refractivity contribution >= 4 is 19.0 Å². The number of nitrogens with zero attached hydrogens (tertiary/aromatic N) is 1. The Morgan fingerprint density at radius 1 is 1.36 bits per heavy atom. The molecule has 0 fully saturated rings. The summed E-state index contributed by atoms with van der Waals surface area (Å²) in [6.07, 6.45) is 3.56. The summed E-state index contributed by atoms with van der Waals surface area (Å²) < 4.78 is 0. The molecule has 1 nitrogen and oxygen atoms in total. The lowest BCUT2D eigenvalue weighted by molar-refractivity contribution is 1.50. The molecule has 1 rings (SSSR count). The van der Waals surface area contributed by atoms with Crippen LogP contribution in [0.25, 0.3) is 12.8 Å². The lowest BCUT2D eigenvalue weighted by atomic mass is 10.3. The monoisotopic (exact) mass is 145 g/mol. The molecule has 0 heterocycles. The van der Waals surface area contributed by atoms with E-state index in [0.717, 1.165) is 10.4 Å². The quantitative estimate of drug-likeness (QED) is 0.521. The fraction of sp³-hybridized carbons (Fsp3) is 0.100. The van der Waals surface area contributed by atoms with Crippen molar-refractivity contribution in [3.8, 4) is 0 Å². The number of aliphatic imine (C=N–C) groups is 1. The van der Waals surface area contributed by atoms with Crippen molar-refractivity contribution in [2.24, 2.45) is 4.99 Å².